The van der Waals surface area contributed by atoms with Gasteiger partial charge >= 0.3 is 0 Å². The zero-order valence-electron chi connectivity index (χ0n) is 18.5. The number of nitrogens with one attached hydrogen (secondary N) is 1. The van der Waals surface area contributed by atoms with Gasteiger partial charge in [0.2, 0.25) is 5.91 Å². The van der Waals surface area contributed by atoms with Gasteiger partial charge in [-0.25, -0.2) is 4.98 Å². The van der Waals surface area contributed by atoms with Crippen LogP contribution in [0.5, 0.6) is 5.75 Å². The number of aromatic nitrogens is 1. The van der Waals surface area contributed by atoms with Gasteiger partial charge in [0.25, 0.3) is 11.8 Å². The third-order valence-electron chi connectivity index (χ3n) is 5.43. The molecule has 0 aliphatic carbocycles. The van der Waals surface area contributed by atoms with Gasteiger partial charge in [0.15, 0.2) is 5.13 Å². The van der Waals surface area contributed by atoms with Crippen LogP contribution in [0.4, 0.5) is 5.13 Å². The fraction of sp³-hybridized carbons (Fsp3) is 0.250. The Bertz CT molecular complexity index is 1170. The number of imide groups is 1. The summed E-state index contributed by atoms with van der Waals surface area (Å²) >= 11 is 2.91. The van der Waals surface area contributed by atoms with Crippen molar-refractivity contribution in [2.45, 2.75) is 19.4 Å². The third-order valence-corrected chi connectivity index (χ3v) is 6.96. The highest BCUT2D eigenvalue weighted by Gasteiger charge is 2.42. The van der Waals surface area contributed by atoms with E-state index < -0.39 is 23.8 Å². The number of rotatable bonds is 8. The van der Waals surface area contributed by atoms with Gasteiger partial charge in [-0.2, -0.15) is 11.8 Å². The molecule has 7 nitrogen and oxygen atoms in total. The largest absolute Gasteiger partial charge is 0.497 e. The lowest BCUT2D eigenvalue weighted by atomic mass is 10.1. The van der Waals surface area contributed by atoms with E-state index >= 15 is 0 Å². The summed E-state index contributed by atoms with van der Waals surface area (Å²) in [6.45, 7) is 1.93. The van der Waals surface area contributed by atoms with Gasteiger partial charge in [-0.3, -0.25) is 19.3 Å². The number of ether oxygens (including phenoxy) is 1. The van der Waals surface area contributed by atoms with E-state index in [1.165, 1.54) is 11.3 Å². The number of thiazole rings is 1. The van der Waals surface area contributed by atoms with E-state index in [0.717, 1.165) is 26.8 Å². The first-order valence-corrected chi connectivity index (χ1v) is 12.5. The van der Waals surface area contributed by atoms with Crippen LogP contribution < -0.4 is 10.1 Å². The van der Waals surface area contributed by atoms with Crippen LogP contribution in [0.15, 0.2) is 48.5 Å². The number of anilines is 1. The summed E-state index contributed by atoms with van der Waals surface area (Å²) in [6.07, 6.45) is 2.27. The zero-order valence-corrected chi connectivity index (χ0v) is 20.1. The quantitative estimate of drug-likeness (QED) is 0.477. The average Bonchev–Trinajstić information content (AvgIpc) is 3.31. The molecule has 0 bridgehead atoms. The number of amides is 3. The molecule has 9 heteroatoms. The van der Waals surface area contributed by atoms with Crippen LogP contribution in [0.2, 0.25) is 0 Å². The number of methoxy groups -OCH3 is 1. The molecule has 1 N–H and O–H groups in total. The molecule has 170 valence electrons. The summed E-state index contributed by atoms with van der Waals surface area (Å²) in [4.78, 5) is 45.8. The van der Waals surface area contributed by atoms with E-state index in [4.69, 9.17) is 4.74 Å². The first kappa shape index (κ1) is 23.0. The number of hydrogen-bond donors (Lipinski definition) is 1. The van der Waals surface area contributed by atoms with Crippen molar-refractivity contribution in [1.29, 1.82) is 0 Å². The molecule has 3 amide bonds. The van der Waals surface area contributed by atoms with Gasteiger partial charge in [-0.15, -0.1) is 11.3 Å². The average molecular weight is 482 g/mol. The molecular weight excluding hydrogens is 458 g/mol. The van der Waals surface area contributed by atoms with E-state index in [2.05, 4.69) is 10.3 Å². The predicted molar refractivity (Wildman–Crippen MR) is 131 cm³/mol. The molecule has 0 saturated heterocycles. The topological polar surface area (TPSA) is 88.6 Å². The second-order valence-electron chi connectivity index (χ2n) is 7.46. The number of carbonyl (C=O) groups excluding carboxylic acids is 3. The van der Waals surface area contributed by atoms with E-state index in [9.17, 15) is 14.4 Å². The normalized spacial score (nSPS) is 13.7. The number of carbonyl (C=O) groups is 3. The number of fused-ring (bicyclic) bond motifs is 1. The third kappa shape index (κ3) is 4.51. The van der Waals surface area contributed by atoms with Crippen LogP contribution in [0.25, 0.3) is 11.3 Å². The second kappa shape index (κ2) is 9.76. The molecule has 1 aliphatic rings. The molecule has 0 fully saturated rings. The van der Waals surface area contributed by atoms with Crippen LogP contribution in [-0.2, 0) is 4.79 Å². The Kier molecular flexibility index (Phi) is 6.80. The monoisotopic (exact) mass is 481 g/mol. The number of benzene rings is 2. The molecule has 0 saturated carbocycles. The summed E-state index contributed by atoms with van der Waals surface area (Å²) in [5.41, 5.74) is 2.33. The maximum absolute atomic E-state index is 13.3. The summed E-state index contributed by atoms with van der Waals surface area (Å²) in [5, 5.41) is 3.26. The van der Waals surface area contributed by atoms with Crippen LogP contribution >= 0.6 is 23.1 Å². The molecule has 1 aromatic heterocycles. The molecule has 1 aliphatic heterocycles. The summed E-state index contributed by atoms with van der Waals surface area (Å²) in [5.74, 6) is 0.0722. The lowest BCUT2D eigenvalue weighted by molar-refractivity contribution is -0.120. The Morgan fingerprint density at radius 2 is 1.76 bits per heavy atom. The highest BCUT2D eigenvalue weighted by atomic mass is 32.2. The SMILES string of the molecule is COc1ccc(-c2nc(NC(=O)C(CCSC)N3C(=O)c4ccccc4C3=O)sc2C)cc1. The first-order valence-electron chi connectivity index (χ1n) is 10.3. The number of aryl methyl sites for hydroxylation is 1. The summed E-state index contributed by atoms with van der Waals surface area (Å²) < 4.78 is 5.20. The van der Waals surface area contributed by atoms with Crippen molar-refractivity contribution in [3.63, 3.8) is 0 Å². The Hall–Kier alpha value is -3.17. The van der Waals surface area contributed by atoms with Gasteiger partial charge < -0.3 is 10.1 Å². The van der Waals surface area contributed by atoms with Gasteiger partial charge in [0.05, 0.1) is 23.9 Å². The Balaban J connectivity index is 1.57. The summed E-state index contributed by atoms with van der Waals surface area (Å²) in [6, 6.07) is 13.3. The lowest BCUT2D eigenvalue weighted by Crippen LogP contribution is -2.47. The van der Waals surface area contributed by atoms with Gasteiger partial charge in [0.1, 0.15) is 11.8 Å². The minimum absolute atomic E-state index is 0.330. The van der Waals surface area contributed by atoms with Gasteiger partial charge in [-0.1, -0.05) is 12.1 Å². The molecular formula is C24H23N3O4S2. The van der Waals surface area contributed by atoms with Crippen LogP contribution in [0.3, 0.4) is 0 Å². The highest BCUT2D eigenvalue weighted by Crippen LogP contribution is 2.32. The standard InChI is InChI=1S/C24H23N3O4S2/c1-14-20(15-8-10-16(31-2)11-9-15)25-24(33-14)26-21(28)19(12-13-32-3)27-22(29)17-6-4-5-7-18(17)23(27)30/h4-11,19H,12-13H2,1-3H3,(H,25,26,28). The van der Waals surface area contributed by atoms with Crippen molar-refractivity contribution in [2.75, 3.05) is 24.4 Å². The summed E-state index contributed by atoms with van der Waals surface area (Å²) in [7, 11) is 1.61. The molecule has 0 radical (unpaired) electrons. The molecule has 1 unspecified atom stereocenters. The van der Waals surface area contributed by atoms with E-state index in [1.54, 1.807) is 43.1 Å². The maximum atomic E-state index is 13.3. The molecule has 1 atom stereocenters. The van der Waals surface area contributed by atoms with Crippen molar-refractivity contribution in [2.24, 2.45) is 0 Å². The van der Waals surface area contributed by atoms with Crippen molar-refractivity contribution in [3.8, 4) is 17.0 Å². The fourth-order valence-corrected chi connectivity index (χ4v) is 5.05. The van der Waals surface area contributed by atoms with Crippen molar-refractivity contribution >= 4 is 46.0 Å². The van der Waals surface area contributed by atoms with Crippen LogP contribution in [-0.4, -0.2) is 52.8 Å². The van der Waals surface area contributed by atoms with E-state index in [0.29, 0.717) is 28.4 Å². The Morgan fingerprint density at radius 3 is 2.33 bits per heavy atom. The van der Waals surface area contributed by atoms with E-state index in [-0.39, 0.29) is 0 Å². The minimum Gasteiger partial charge on any atom is -0.497 e. The highest BCUT2D eigenvalue weighted by molar-refractivity contribution is 7.98. The van der Waals surface area contributed by atoms with Crippen molar-refractivity contribution in [3.05, 3.63) is 64.5 Å². The Morgan fingerprint density at radius 1 is 1.12 bits per heavy atom. The van der Waals surface area contributed by atoms with E-state index in [1.807, 2.05) is 37.4 Å². The molecule has 4 rings (SSSR count). The molecule has 2 heterocycles. The van der Waals surface area contributed by atoms with Crippen molar-refractivity contribution < 1.29 is 19.1 Å². The number of nitrogens with zero attached hydrogens (tertiary/aromatic N) is 2. The fourth-order valence-electron chi connectivity index (χ4n) is 3.75. The lowest BCUT2D eigenvalue weighted by Gasteiger charge is -2.24. The first-order chi connectivity index (χ1) is 15.9. The van der Waals surface area contributed by atoms with Crippen LogP contribution in [0.1, 0.15) is 32.0 Å². The second-order valence-corrected chi connectivity index (χ2v) is 9.65. The molecule has 0 spiro atoms. The zero-order chi connectivity index (χ0) is 23.5. The predicted octanol–water partition coefficient (Wildman–Crippen LogP) is 4.48. The molecule has 2 aromatic carbocycles. The molecule has 33 heavy (non-hydrogen) atoms. The van der Waals surface area contributed by atoms with Gasteiger partial charge in [-0.05, 0) is 61.8 Å². The van der Waals surface area contributed by atoms with Crippen LogP contribution in [0, 0.1) is 6.92 Å². The smallest absolute Gasteiger partial charge is 0.262 e. The minimum atomic E-state index is -0.918. The Labute approximate surface area is 200 Å². The number of thioether (sulfide) groups is 1. The molecule has 3 aromatic rings. The van der Waals surface area contributed by atoms with Gasteiger partial charge in [0, 0.05) is 10.4 Å². The van der Waals surface area contributed by atoms with Crippen molar-refractivity contribution in [1.82, 2.24) is 9.88 Å². The number of hydrogen-bond acceptors (Lipinski definition) is 7. The maximum Gasteiger partial charge on any atom is 0.262 e.